The van der Waals surface area contributed by atoms with E-state index in [4.69, 9.17) is 5.73 Å². The molecule has 1 saturated carbocycles. The summed E-state index contributed by atoms with van der Waals surface area (Å²) in [5.74, 6) is 0.993. The number of rotatable bonds is 2. The molecule has 2 rings (SSSR count). The number of nitrogens with zero attached hydrogens (tertiary/aromatic N) is 1. The molecule has 0 radical (unpaired) electrons. The second kappa shape index (κ2) is 5.60. The van der Waals surface area contributed by atoms with Crippen LogP contribution in [0.3, 0.4) is 0 Å². The molecule has 2 unspecified atom stereocenters. The van der Waals surface area contributed by atoms with E-state index in [9.17, 15) is 4.79 Å². The number of carbonyl (C=O) groups excluding carboxylic acids is 1. The minimum absolute atomic E-state index is 0.233. The molecule has 1 aliphatic carbocycles. The van der Waals surface area contributed by atoms with Crippen LogP contribution >= 0.6 is 0 Å². The number of carbonyl (C=O) groups is 1. The Kier molecular flexibility index (Phi) is 4.31. The summed E-state index contributed by atoms with van der Waals surface area (Å²) in [4.78, 5) is 15.0. The van der Waals surface area contributed by atoms with E-state index >= 15 is 0 Å². The Morgan fingerprint density at radius 2 is 1.89 bits per heavy atom. The normalized spacial score (nSPS) is 32.3. The van der Waals surface area contributed by atoms with Gasteiger partial charge in [-0.1, -0.05) is 26.2 Å². The standard InChI is InChI=1S/C15H28N2O/c1-12-6-7-13(2)17(10-12)14(18)15(11-16)8-4-3-5-9-15/h12-13H,3-11,16H2,1-2H3. The highest BCUT2D eigenvalue weighted by atomic mass is 16.2. The van der Waals surface area contributed by atoms with E-state index in [1.165, 1.54) is 25.7 Å². The van der Waals surface area contributed by atoms with Crippen LogP contribution in [0.5, 0.6) is 0 Å². The Labute approximate surface area is 111 Å². The predicted octanol–water partition coefficient (Wildman–Crippen LogP) is 2.54. The van der Waals surface area contributed by atoms with Gasteiger partial charge in [-0.05, 0) is 38.5 Å². The molecule has 1 heterocycles. The summed E-state index contributed by atoms with van der Waals surface area (Å²) in [5.41, 5.74) is 5.75. The van der Waals surface area contributed by atoms with Crippen LogP contribution in [0, 0.1) is 11.3 Å². The van der Waals surface area contributed by atoms with Crippen LogP contribution in [0.4, 0.5) is 0 Å². The largest absolute Gasteiger partial charge is 0.339 e. The first-order chi connectivity index (χ1) is 8.59. The van der Waals surface area contributed by atoms with Gasteiger partial charge in [-0.3, -0.25) is 4.79 Å². The molecule has 3 nitrogen and oxygen atoms in total. The van der Waals surface area contributed by atoms with Crippen LogP contribution in [0.25, 0.3) is 0 Å². The van der Waals surface area contributed by atoms with Crippen molar-refractivity contribution in [3.05, 3.63) is 0 Å². The van der Waals surface area contributed by atoms with E-state index < -0.39 is 0 Å². The molecule has 0 aromatic carbocycles. The fourth-order valence-corrected chi connectivity index (χ4v) is 3.61. The molecule has 2 fully saturated rings. The number of nitrogens with two attached hydrogens (primary N) is 1. The van der Waals surface area contributed by atoms with E-state index in [1.54, 1.807) is 0 Å². The van der Waals surface area contributed by atoms with Crippen LogP contribution < -0.4 is 5.73 Å². The van der Waals surface area contributed by atoms with Crippen LogP contribution in [0.1, 0.15) is 58.8 Å². The van der Waals surface area contributed by atoms with E-state index in [0.29, 0.717) is 24.4 Å². The Hall–Kier alpha value is -0.570. The zero-order chi connectivity index (χ0) is 13.2. The third-order valence-corrected chi connectivity index (χ3v) is 5.03. The van der Waals surface area contributed by atoms with Gasteiger partial charge in [0, 0.05) is 19.1 Å². The molecule has 18 heavy (non-hydrogen) atoms. The van der Waals surface area contributed by atoms with Gasteiger partial charge in [0.05, 0.1) is 5.41 Å². The lowest BCUT2D eigenvalue weighted by molar-refractivity contribution is -0.148. The number of piperidine rings is 1. The molecule has 2 atom stereocenters. The summed E-state index contributed by atoms with van der Waals surface area (Å²) in [6.07, 6.45) is 8.00. The summed E-state index contributed by atoms with van der Waals surface area (Å²) in [6, 6.07) is 0.402. The lowest BCUT2D eigenvalue weighted by Crippen LogP contribution is -2.54. The van der Waals surface area contributed by atoms with Gasteiger partial charge in [0.25, 0.3) is 0 Å². The first-order valence-electron chi connectivity index (χ1n) is 7.60. The summed E-state index contributed by atoms with van der Waals surface area (Å²) < 4.78 is 0. The van der Waals surface area contributed by atoms with Gasteiger partial charge < -0.3 is 10.6 Å². The van der Waals surface area contributed by atoms with Crippen molar-refractivity contribution in [1.82, 2.24) is 4.90 Å². The van der Waals surface area contributed by atoms with Gasteiger partial charge in [0.1, 0.15) is 0 Å². The molecule has 3 heteroatoms. The Bertz CT molecular complexity index is 297. The van der Waals surface area contributed by atoms with Gasteiger partial charge in [-0.2, -0.15) is 0 Å². The number of likely N-dealkylation sites (tertiary alicyclic amines) is 1. The van der Waals surface area contributed by atoms with Gasteiger partial charge in [0.15, 0.2) is 0 Å². The first kappa shape index (κ1) is 13.9. The van der Waals surface area contributed by atoms with Crippen molar-refractivity contribution in [2.24, 2.45) is 17.1 Å². The smallest absolute Gasteiger partial charge is 0.230 e. The van der Waals surface area contributed by atoms with E-state index in [1.807, 2.05) is 0 Å². The van der Waals surface area contributed by atoms with Gasteiger partial charge in [-0.25, -0.2) is 0 Å². The average Bonchev–Trinajstić information content (AvgIpc) is 2.41. The Morgan fingerprint density at radius 3 is 2.50 bits per heavy atom. The minimum Gasteiger partial charge on any atom is -0.339 e. The molecule has 2 N–H and O–H groups in total. The summed E-state index contributed by atoms with van der Waals surface area (Å²) >= 11 is 0. The van der Waals surface area contributed by atoms with Gasteiger partial charge in [-0.15, -0.1) is 0 Å². The maximum absolute atomic E-state index is 12.9. The maximum atomic E-state index is 12.9. The zero-order valence-corrected chi connectivity index (χ0v) is 12.0. The molecule has 0 bridgehead atoms. The van der Waals surface area contributed by atoms with Crippen LogP contribution in [-0.2, 0) is 4.79 Å². The zero-order valence-electron chi connectivity index (χ0n) is 12.0. The molecule has 0 aromatic rings. The van der Waals surface area contributed by atoms with Crippen molar-refractivity contribution in [3.8, 4) is 0 Å². The fraction of sp³-hybridized carbons (Fsp3) is 0.933. The molecule has 1 saturated heterocycles. The van der Waals surface area contributed by atoms with Gasteiger partial charge in [0.2, 0.25) is 5.91 Å². The third-order valence-electron chi connectivity index (χ3n) is 5.03. The highest BCUT2D eigenvalue weighted by molar-refractivity contribution is 5.83. The average molecular weight is 252 g/mol. The van der Waals surface area contributed by atoms with Crippen molar-refractivity contribution in [2.45, 2.75) is 64.8 Å². The second-order valence-electron chi connectivity index (χ2n) is 6.53. The van der Waals surface area contributed by atoms with Crippen molar-refractivity contribution >= 4 is 5.91 Å². The van der Waals surface area contributed by atoms with E-state index in [0.717, 1.165) is 25.8 Å². The van der Waals surface area contributed by atoms with E-state index in [2.05, 4.69) is 18.7 Å². The van der Waals surface area contributed by atoms with Crippen LogP contribution in [0.2, 0.25) is 0 Å². The summed E-state index contributed by atoms with van der Waals surface area (Å²) in [6.45, 7) is 5.91. The Morgan fingerprint density at radius 1 is 1.22 bits per heavy atom. The highest BCUT2D eigenvalue weighted by Gasteiger charge is 2.42. The monoisotopic (exact) mass is 252 g/mol. The molecule has 104 valence electrons. The minimum atomic E-state index is -0.233. The molecule has 1 amide bonds. The molecule has 0 spiro atoms. The molecular formula is C15H28N2O. The molecule has 2 aliphatic rings. The van der Waals surface area contributed by atoms with Crippen molar-refractivity contribution in [3.63, 3.8) is 0 Å². The van der Waals surface area contributed by atoms with Crippen molar-refractivity contribution < 1.29 is 4.79 Å². The molecule has 0 aromatic heterocycles. The molecule has 1 aliphatic heterocycles. The number of hydrogen-bond acceptors (Lipinski definition) is 2. The van der Waals surface area contributed by atoms with Gasteiger partial charge >= 0.3 is 0 Å². The fourth-order valence-electron chi connectivity index (χ4n) is 3.61. The van der Waals surface area contributed by atoms with Crippen LogP contribution in [-0.4, -0.2) is 29.9 Å². The quantitative estimate of drug-likeness (QED) is 0.821. The van der Waals surface area contributed by atoms with E-state index in [-0.39, 0.29) is 5.41 Å². The lowest BCUT2D eigenvalue weighted by Gasteiger charge is -2.44. The van der Waals surface area contributed by atoms with Crippen molar-refractivity contribution in [1.29, 1.82) is 0 Å². The second-order valence-corrected chi connectivity index (χ2v) is 6.53. The number of amides is 1. The van der Waals surface area contributed by atoms with Crippen molar-refractivity contribution in [2.75, 3.05) is 13.1 Å². The first-order valence-corrected chi connectivity index (χ1v) is 7.60. The maximum Gasteiger partial charge on any atom is 0.230 e. The number of hydrogen-bond donors (Lipinski definition) is 1. The van der Waals surface area contributed by atoms with Crippen LogP contribution in [0.15, 0.2) is 0 Å². The highest BCUT2D eigenvalue weighted by Crippen LogP contribution is 2.38. The Balaban J connectivity index is 2.12. The third kappa shape index (κ3) is 2.56. The molecular weight excluding hydrogens is 224 g/mol. The lowest BCUT2D eigenvalue weighted by atomic mass is 9.72. The SMILES string of the molecule is CC1CCC(C)N(C(=O)C2(CN)CCCCC2)C1. The predicted molar refractivity (Wildman–Crippen MR) is 74.1 cm³/mol. The summed E-state index contributed by atoms with van der Waals surface area (Å²) in [7, 11) is 0. The topological polar surface area (TPSA) is 46.3 Å². The summed E-state index contributed by atoms with van der Waals surface area (Å²) in [5, 5.41) is 0.